The SMILES string of the molecule is Cc1cc(Br)cc(Nc2nc(Cl)nc3sccc23)c1. The molecule has 3 aromatic rings. The van der Waals surface area contributed by atoms with Crippen LogP contribution in [0.25, 0.3) is 10.2 Å². The van der Waals surface area contributed by atoms with Gasteiger partial charge in [0.15, 0.2) is 0 Å². The molecule has 3 rings (SSSR count). The number of aromatic nitrogens is 2. The van der Waals surface area contributed by atoms with Gasteiger partial charge in [0.05, 0.1) is 5.39 Å². The molecule has 2 aromatic heterocycles. The summed E-state index contributed by atoms with van der Waals surface area (Å²) in [5.74, 6) is 0.730. The van der Waals surface area contributed by atoms with E-state index in [1.807, 2.05) is 24.4 Å². The van der Waals surface area contributed by atoms with Gasteiger partial charge in [0.25, 0.3) is 0 Å². The highest BCUT2D eigenvalue weighted by Gasteiger charge is 2.08. The third-order valence-electron chi connectivity index (χ3n) is 2.60. The number of rotatable bonds is 2. The molecule has 0 unspecified atom stereocenters. The van der Waals surface area contributed by atoms with E-state index in [-0.39, 0.29) is 5.28 Å². The molecular weight excluding hydrogens is 346 g/mol. The second kappa shape index (κ2) is 5.07. The number of anilines is 2. The Balaban J connectivity index is 2.07. The highest BCUT2D eigenvalue weighted by Crippen LogP contribution is 2.29. The van der Waals surface area contributed by atoms with Gasteiger partial charge in [0, 0.05) is 10.2 Å². The Morgan fingerprint density at radius 3 is 2.89 bits per heavy atom. The van der Waals surface area contributed by atoms with Gasteiger partial charge in [-0.2, -0.15) is 4.98 Å². The fourth-order valence-corrected chi connectivity index (χ4v) is 3.46. The normalized spacial score (nSPS) is 10.9. The number of thiophene rings is 1. The van der Waals surface area contributed by atoms with Crippen LogP contribution in [0.15, 0.2) is 34.1 Å². The molecule has 6 heteroatoms. The summed E-state index contributed by atoms with van der Waals surface area (Å²) in [6, 6.07) is 8.10. The fraction of sp³-hybridized carbons (Fsp3) is 0.0769. The van der Waals surface area contributed by atoms with Crippen molar-refractivity contribution in [2.24, 2.45) is 0 Å². The van der Waals surface area contributed by atoms with Gasteiger partial charge >= 0.3 is 0 Å². The zero-order valence-corrected chi connectivity index (χ0v) is 13.1. The number of fused-ring (bicyclic) bond motifs is 1. The maximum absolute atomic E-state index is 5.94. The van der Waals surface area contributed by atoms with E-state index in [9.17, 15) is 0 Å². The molecule has 1 aromatic carbocycles. The third-order valence-corrected chi connectivity index (χ3v) is 4.04. The summed E-state index contributed by atoms with van der Waals surface area (Å²) in [5, 5.41) is 6.51. The zero-order chi connectivity index (χ0) is 13.4. The van der Waals surface area contributed by atoms with Crippen LogP contribution in [-0.4, -0.2) is 9.97 Å². The van der Waals surface area contributed by atoms with E-state index in [0.717, 1.165) is 26.2 Å². The van der Waals surface area contributed by atoms with Crippen LogP contribution < -0.4 is 5.32 Å². The molecule has 0 atom stereocenters. The molecule has 1 N–H and O–H groups in total. The lowest BCUT2D eigenvalue weighted by Crippen LogP contribution is -1.96. The Morgan fingerprint density at radius 2 is 2.11 bits per heavy atom. The minimum Gasteiger partial charge on any atom is -0.340 e. The quantitative estimate of drug-likeness (QED) is 0.646. The maximum Gasteiger partial charge on any atom is 0.225 e. The van der Waals surface area contributed by atoms with Crippen molar-refractivity contribution in [3.8, 4) is 0 Å². The molecule has 0 aliphatic rings. The topological polar surface area (TPSA) is 37.8 Å². The summed E-state index contributed by atoms with van der Waals surface area (Å²) in [4.78, 5) is 9.34. The van der Waals surface area contributed by atoms with Crippen LogP contribution in [-0.2, 0) is 0 Å². The molecule has 0 saturated carbocycles. The Bertz CT molecular complexity index is 736. The molecule has 0 spiro atoms. The Labute approximate surface area is 127 Å². The van der Waals surface area contributed by atoms with Crippen LogP contribution in [0.3, 0.4) is 0 Å². The van der Waals surface area contributed by atoms with E-state index in [1.54, 1.807) is 11.3 Å². The van der Waals surface area contributed by atoms with Crippen LogP contribution >= 0.6 is 38.9 Å². The van der Waals surface area contributed by atoms with Crippen molar-refractivity contribution in [1.29, 1.82) is 0 Å². The fourth-order valence-electron chi connectivity index (χ4n) is 1.87. The first-order valence-electron chi connectivity index (χ1n) is 5.57. The third kappa shape index (κ3) is 2.73. The van der Waals surface area contributed by atoms with Crippen molar-refractivity contribution >= 4 is 60.6 Å². The highest BCUT2D eigenvalue weighted by molar-refractivity contribution is 9.10. The minimum absolute atomic E-state index is 0.254. The molecule has 96 valence electrons. The van der Waals surface area contributed by atoms with Gasteiger partial charge in [-0.15, -0.1) is 11.3 Å². The van der Waals surface area contributed by atoms with Crippen molar-refractivity contribution < 1.29 is 0 Å². The number of nitrogens with one attached hydrogen (secondary N) is 1. The molecule has 0 amide bonds. The van der Waals surface area contributed by atoms with E-state index in [2.05, 4.69) is 43.3 Å². The molecule has 19 heavy (non-hydrogen) atoms. The first-order chi connectivity index (χ1) is 9.11. The summed E-state index contributed by atoms with van der Waals surface area (Å²) in [5.41, 5.74) is 2.13. The zero-order valence-electron chi connectivity index (χ0n) is 9.95. The number of nitrogens with zero attached hydrogens (tertiary/aromatic N) is 2. The Hall–Kier alpha value is -1.17. The number of halogens is 2. The predicted molar refractivity (Wildman–Crippen MR) is 84.6 cm³/mol. The number of aryl methyl sites for hydroxylation is 1. The van der Waals surface area contributed by atoms with Gasteiger partial charge in [0.2, 0.25) is 5.28 Å². The minimum atomic E-state index is 0.254. The second-order valence-electron chi connectivity index (χ2n) is 4.12. The number of benzene rings is 1. The summed E-state index contributed by atoms with van der Waals surface area (Å²) < 4.78 is 1.02. The molecular formula is C13H9BrClN3S. The standard InChI is InChI=1S/C13H9BrClN3S/c1-7-4-8(14)6-9(5-7)16-11-10-2-3-19-12(10)18-13(15)17-11/h2-6H,1H3,(H,16,17,18). The highest BCUT2D eigenvalue weighted by atomic mass is 79.9. The molecule has 3 nitrogen and oxygen atoms in total. The summed E-state index contributed by atoms with van der Waals surface area (Å²) in [6.07, 6.45) is 0. The molecule has 0 saturated heterocycles. The molecule has 0 aliphatic heterocycles. The monoisotopic (exact) mass is 353 g/mol. The Morgan fingerprint density at radius 1 is 1.26 bits per heavy atom. The smallest absolute Gasteiger partial charge is 0.225 e. The van der Waals surface area contributed by atoms with Gasteiger partial charge in [-0.25, -0.2) is 4.98 Å². The van der Waals surface area contributed by atoms with Gasteiger partial charge in [0.1, 0.15) is 10.6 Å². The summed E-state index contributed by atoms with van der Waals surface area (Å²) >= 11 is 11.0. The molecule has 0 bridgehead atoms. The first-order valence-corrected chi connectivity index (χ1v) is 7.62. The first kappa shape index (κ1) is 12.8. The van der Waals surface area contributed by atoms with Gasteiger partial charge in [-0.1, -0.05) is 15.9 Å². The molecule has 2 heterocycles. The van der Waals surface area contributed by atoms with Gasteiger partial charge in [-0.05, 0) is 53.7 Å². The van der Waals surface area contributed by atoms with Gasteiger partial charge in [-0.3, -0.25) is 0 Å². The molecule has 0 aliphatic carbocycles. The van der Waals surface area contributed by atoms with E-state index in [4.69, 9.17) is 11.6 Å². The maximum atomic E-state index is 5.94. The van der Waals surface area contributed by atoms with E-state index >= 15 is 0 Å². The van der Waals surface area contributed by atoms with E-state index in [1.165, 1.54) is 5.56 Å². The van der Waals surface area contributed by atoms with Crippen molar-refractivity contribution in [3.63, 3.8) is 0 Å². The van der Waals surface area contributed by atoms with Gasteiger partial charge < -0.3 is 5.32 Å². The second-order valence-corrected chi connectivity index (χ2v) is 6.27. The lowest BCUT2D eigenvalue weighted by Gasteiger charge is -2.08. The van der Waals surface area contributed by atoms with Crippen molar-refractivity contribution in [2.75, 3.05) is 5.32 Å². The van der Waals surface area contributed by atoms with Crippen molar-refractivity contribution in [2.45, 2.75) is 6.92 Å². The van der Waals surface area contributed by atoms with Crippen LogP contribution in [0.2, 0.25) is 5.28 Å². The van der Waals surface area contributed by atoms with Crippen molar-refractivity contribution in [1.82, 2.24) is 9.97 Å². The number of hydrogen-bond donors (Lipinski definition) is 1. The van der Waals surface area contributed by atoms with Crippen LogP contribution in [0.4, 0.5) is 11.5 Å². The lowest BCUT2D eigenvalue weighted by molar-refractivity contribution is 1.23. The van der Waals surface area contributed by atoms with Crippen LogP contribution in [0, 0.1) is 6.92 Å². The predicted octanol–water partition coefficient (Wildman–Crippen LogP) is 5.16. The average Bonchev–Trinajstić information content (AvgIpc) is 2.75. The van der Waals surface area contributed by atoms with Crippen LogP contribution in [0.1, 0.15) is 5.56 Å². The largest absolute Gasteiger partial charge is 0.340 e. The van der Waals surface area contributed by atoms with E-state index < -0.39 is 0 Å². The van der Waals surface area contributed by atoms with Crippen molar-refractivity contribution in [3.05, 3.63) is 45.0 Å². The Kier molecular flexibility index (Phi) is 3.43. The molecule has 0 fully saturated rings. The summed E-state index contributed by atoms with van der Waals surface area (Å²) in [6.45, 7) is 2.04. The lowest BCUT2D eigenvalue weighted by atomic mass is 10.2. The van der Waals surface area contributed by atoms with E-state index in [0.29, 0.717) is 0 Å². The average molecular weight is 355 g/mol. The van der Waals surface area contributed by atoms with Crippen LogP contribution in [0.5, 0.6) is 0 Å². The summed E-state index contributed by atoms with van der Waals surface area (Å²) in [7, 11) is 0. The number of hydrogen-bond acceptors (Lipinski definition) is 4. The molecule has 0 radical (unpaired) electrons.